The summed E-state index contributed by atoms with van der Waals surface area (Å²) in [5, 5.41) is 12.4. The Kier molecular flexibility index (Phi) is 5.24. The first-order chi connectivity index (χ1) is 9.70. The molecule has 1 saturated heterocycles. The van der Waals surface area contributed by atoms with E-state index in [1.807, 2.05) is 24.1 Å². The van der Waals surface area contributed by atoms with Gasteiger partial charge in [0.15, 0.2) is 0 Å². The summed E-state index contributed by atoms with van der Waals surface area (Å²) < 4.78 is 0. The van der Waals surface area contributed by atoms with Crippen molar-refractivity contribution in [3.63, 3.8) is 0 Å². The molecule has 0 aromatic heterocycles. The standard InChI is InChI=1S/C15H23N3O2/c1-16-8-2-3-15(20)18-11-9-17(10-12-18)13-4-6-14(19)7-5-13/h4-7,16,19H,2-3,8-12H2,1H3. The lowest BCUT2D eigenvalue weighted by atomic mass is 10.2. The minimum atomic E-state index is 0.255. The summed E-state index contributed by atoms with van der Waals surface area (Å²) in [7, 11) is 1.90. The first kappa shape index (κ1) is 14.7. The molecule has 20 heavy (non-hydrogen) atoms. The van der Waals surface area contributed by atoms with Crippen LogP contribution in [0.15, 0.2) is 24.3 Å². The van der Waals surface area contributed by atoms with E-state index >= 15 is 0 Å². The fraction of sp³-hybridized carbons (Fsp3) is 0.533. The van der Waals surface area contributed by atoms with Crippen molar-refractivity contribution in [3.05, 3.63) is 24.3 Å². The molecule has 1 fully saturated rings. The quantitative estimate of drug-likeness (QED) is 0.790. The first-order valence-corrected chi connectivity index (χ1v) is 7.17. The third-order valence-electron chi connectivity index (χ3n) is 3.66. The lowest BCUT2D eigenvalue weighted by Crippen LogP contribution is -2.48. The highest BCUT2D eigenvalue weighted by molar-refractivity contribution is 5.76. The molecule has 0 spiro atoms. The van der Waals surface area contributed by atoms with Crippen molar-refractivity contribution >= 4 is 11.6 Å². The van der Waals surface area contributed by atoms with Gasteiger partial charge in [-0.15, -0.1) is 0 Å². The molecule has 5 heteroatoms. The Morgan fingerprint density at radius 2 is 1.85 bits per heavy atom. The van der Waals surface area contributed by atoms with E-state index in [0.29, 0.717) is 6.42 Å². The Labute approximate surface area is 120 Å². The molecule has 0 unspecified atom stereocenters. The summed E-state index contributed by atoms with van der Waals surface area (Å²) >= 11 is 0. The summed E-state index contributed by atoms with van der Waals surface area (Å²) in [5.41, 5.74) is 1.10. The molecule has 1 amide bonds. The number of carbonyl (C=O) groups excluding carboxylic acids is 1. The Morgan fingerprint density at radius 3 is 2.45 bits per heavy atom. The van der Waals surface area contributed by atoms with Gasteiger partial charge in [0.05, 0.1) is 0 Å². The molecule has 1 aromatic rings. The van der Waals surface area contributed by atoms with E-state index in [9.17, 15) is 9.90 Å². The number of hydrogen-bond donors (Lipinski definition) is 2. The van der Waals surface area contributed by atoms with Crippen LogP contribution in [0.25, 0.3) is 0 Å². The van der Waals surface area contributed by atoms with Crippen LogP contribution in [-0.2, 0) is 4.79 Å². The lowest BCUT2D eigenvalue weighted by molar-refractivity contribution is -0.131. The second-order valence-electron chi connectivity index (χ2n) is 5.09. The predicted octanol–water partition coefficient (Wildman–Crippen LogP) is 1.04. The molecular weight excluding hydrogens is 254 g/mol. The number of phenolic OH excluding ortho intramolecular Hbond substituents is 1. The summed E-state index contributed by atoms with van der Waals surface area (Å²) in [6.45, 7) is 4.14. The molecule has 0 atom stereocenters. The molecule has 0 aliphatic carbocycles. The highest BCUT2D eigenvalue weighted by Crippen LogP contribution is 2.20. The zero-order valence-corrected chi connectivity index (χ0v) is 12.0. The number of nitrogens with one attached hydrogen (secondary N) is 1. The topological polar surface area (TPSA) is 55.8 Å². The van der Waals surface area contributed by atoms with E-state index in [4.69, 9.17) is 0 Å². The van der Waals surface area contributed by atoms with Gasteiger partial charge in [0, 0.05) is 38.3 Å². The van der Waals surface area contributed by atoms with Crippen LogP contribution in [0.3, 0.4) is 0 Å². The number of piperazine rings is 1. The van der Waals surface area contributed by atoms with E-state index in [-0.39, 0.29) is 11.7 Å². The molecule has 0 radical (unpaired) electrons. The number of phenols is 1. The molecule has 1 aromatic carbocycles. The van der Waals surface area contributed by atoms with Gasteiger partial charge in [-0.2, -0.15) is 0 Å². The van der Waals surface area contributed by atoms with Gasteiger partial charge in [-0.1, -0.05) is 0 Å². The van der Waals surface area contributed by atoms with Crippen LogP contribution in [0.2, 0.25) is 0 Å². The third-order valence-corrected chi connectivity index (χ3v) is 3.66. The molecule has 2 rings (SSSR count). The average molecular weight is 277 g/mol. The van der Waals surface area contributed by atoms with Gasteiger partial charge in [0.1, 0.15) is 5.75 Å². The Hall–Kier alpha value is -1.75. The maximum atomic E-state index is 12.0. The zero-order chi connectivity index (χ0) is 14.4. The second kappa shape index (κ2) is 7.14. The minimum Gasteiger partial charge on any atom is -0.508 e. The van der Waals surface area contributed by atoms with Crippen molar-refractivity contribution < 1.29 is 9.90 Å². The van der Waals surface area contributed by atoms with Gasteiger partial charge in [-0.05, 0) is 44.3 Å². The summed E-state index contributed by atoms with van der Waals surface area (Å²) in [6.07, 6.45) is 1.52. The lowest BCUT2D eigenvalue weighted by Gasteiger charge is -2.36. The fourth-order valence-electron chi connectivity index (χ4n) is 2.45. The summed E-state index contributed by atoms with van der Waals surface area (Å²) in [6, 6.07) is 7.23. The third kappa shape index (κ3) is 3.87. The minimum absolute atomic E-state index is 0.255. The fourth-order valence-corrected chi connectivity index (χ4v) is 2.45. The van der Waals surface area contributed by atoms with E-state index < -0.39 is 0 Å². The van der Waals surface area contributed by atoms with Gasteiger partial charge < -0.3 is 20.2 Å². The van der Waals surface area contributed by atoms with Crippen LogP contribution in [0, 0.1) is 0 Å². The molecular formula is C15H23N3O2. The maximum Gasteiger partial charge on any atom is 0.222 e. The number of nitrogens with zero attached hydrogens (tertiary/aromatic N) is 2. The monoisotopic (exact) mass is 277 g/mol. The highest BCUT2D eigenvalue weighted by Gasteiger charge is 2.20. The summed E-state index contributed by atoms with van der Waals surface area (Å²) in [4.78, 5) is 16.2. The molecule has 1 aliphatic rings. The number of aromatic hydroxyl groups is 1. The number of rotatable bonds is 5. The first-order valence-electron chi connectivity index (χ1n) is 7.17. The summed E-state index contributed by atoms with van der Waals surface area (Å²) in [5.74, 6) is 0.540. The van der Waals surface area contributed by atoms with Crippen molar-refractivity contribution in [3.8, 4) is 5.75 Å². The normalized spacial score (nSPS) is 15.4. The highest BCUT2D eigenvalue weighted by atomic mass is 16.3. The molecule has 1 aliphatic heterocycles. The van der Waals surface area contributed by atoms with E-state index in [0.717, 1.165) is 44.8 Å². The van der Waals surface area contributed by atoms with Crippen molar-refractivity contribution in [1.29, 1.82) is 0 Å². The van der Waals surface area contributed by atoms with Crippen LogP contribution >= 0.6 is 0 Å². The van der Waals surface area contributed by atoms with Crippen molar-refractivity contribution in [2.75, 3.05) is 44.7 Å². The molecule has 0 saturated carbocycles. The van der Waals surface area contributed by atoms with Crippen LogP contribution in [0.4, 0.5) is 5.69 Å². The molecule has 5 nitrogen and oxygen atoms in total. The SMILES string of the molecule is CNCCCC(=O)N1CCN(c2ccc(O)cc2)CC1. The number of benzene rings is 1. The van der Waals surface area contributed by atoms with Crippen molar-refractivity contribution in [1.82, 2.24) is 10.2 Å². The van der Waals surface area contributed by atoms with E-state index in [1.165, 1.54) is 0 Å². The zero-order valence-electron chi connectivity index (χ0n) is 12.0. The number of amides is 1. The van der Waals surface area contributed by atoms with Crippen LogP contribution < -0.4 is 10.2 Å². The maximum absolute atomic E-state index is 12.0. The van der Waals surface area contributed by atoms with Crippen molar-refractivity contribution in [2.45, 2.75) is 12.8 Å². The number of carbonyl (C=O) groups is 1. The Bertz CT molecular complexity index is 425. The van der Waals surface area contributed by atoms with Crippen LogP contribution in [-0.4, -0.2) is 55.7 Å². The second-order valence-corrected chi connectivity index (χ2v) is 5.09. The largest absolute Gasteiger partial charge is 0.508 e. The van der Waals surface area contributed by atoms with Gasteiger partial charge >= 0.3 is 0 Å². The number of hydrogen-bond acceptors (Lipinski definition) is 4. The van der Waals surface area contributed by atoms with Gasteiger partial charge in [0.2, 0.25) is 5.91 Å². The van der Waals surface area contributed by atoms with Crippen LogP contribution in [0.1, 0.15) is 12.8 Å². The Balaban J connectivity index is 1.80. The van der Waals surface area contributed by atoms with Gasteiger partial charge in [-0.25, -0.2) is 0 Å². The van der Waals surface area contributed by atoms with Gasteiger partial charge in [0.25, 0.3) is 0 Å². The molecule has 110 valence electrons. The molecule has 0 bridgehead atoms. The van der Waals surface area contributed by atoms with Crippen LogP contribution in [0.5, 0.6) is 5.75 Å². The average Bonchev–Trinajstić information content (AvgIpc) is 2.48. The molecule has 1 heterocycles. The van der Waals surface area contributed by atoms with Crippen molar-refractivity contribution in [2.24, 2.45) is 0 Å². The van der Waals surface area contributed by atoms with E-state index in [1.54, 1.807) is 12.1 Å². The Morgan fingerprint density at radius 1 is 1.20 bits per heavy atom. The number of anilines is 1. The predicted molar refractivity (Wildman–Crippen MR) is 80.1 cm³/mol. The van der Waals surface area contributed by atoms with E-state index in [2.05, 4.69) is 10.2 Å². The molecule has 2 N–H and O–H groups in total. The smallest absolute Gasteiger partial charge is 0.222 e. The van der Waals surface area contributed by atoms with Gasteiger partial charge in [-0.3, -0.25) is 4.79 Å².